The summed E-state index contributed by atoms with van der Waals surface area (Å²) in [4.78, 5) is 11.7. The summed E-state index contributed by atoms with van der Waals surface area (Å²) in [6.07, 6.45) is 16.3. The minimum atomic E-state index is 0.0602. The van der Waals surface area contributed by atoms with Gasteiger partial charge in [0.25, 0.3) is 0 Å². The van der Waals surface area contributed by atoms with E-state index >= 15 is 0 Å². The van der Waals surface area contributed by atoms with E-state index in [4.69, 9.17) is 14.5 Å². The van der Waals surface area contributed by atoms with Crippen LogP contribution in [0.1, 0.15) is 91.7 Å². The van der Waals surface area contributed by atoms with Gasteiger partial charge in [0.05, 0.1) is 6.61 Å². The Morgan fingerprint density at radius 2 is 1.50 bits per heavy atom. The number of benzene rings is 3. The van der Waals surface area contributed by atoms with E-state index in [-0.39, 0.29) is 5.41 Å². The number of hydrogen-bond acceptors (Lipinski definition) is 3. The van der Waals surface area contributed by atoms with Crippen LogP contribution in [0.5, 0.6) is 11.5 Å². The molecule has 1 spiro atoms. The van der Waals surface area contributed by atoms with Gasteiger partial charge < -0.3 is 9.62 Å². The minimum Gasteiger partial charge on any atom is -0.494 e. The molecule has 2 aliphatic carbocycles. The first-order valence-electron chi connectivity index (χ1n) is 14.6. The predicted octanol–water partition coefficient (Wildman–Crippen LogP) is 8.94. The zero-order valence-electron chi connectivity index (χ0n) is 23.1. The first-order chi connectivity index (χ1) is 18.7. The second-order valence-electron chi connectivity index (χ2n) is 10.9. The Hall–Kier alpha value is -3.04. The lowest BCUT2D eigenvalue weighted by Gasteiger charge is -2.29. The molecule has 0 aromatic heterocycles. The van der Waals surface area contributed by atoms with Crippen molar-refractivity contribution in [3.63, 3.8) is 0 Å². The van der Waals surface area contributed by atoms with Gasteiger partial charge in [-0.05, 0) is 85.0 Å². The molecule has 5 rings (SSSR count). The Morgan fingerprint density at radius 1 is 0.789 bits per heavy atom. The molecule has 0 saturated heterocycles. The molecule has 200 valence electrons. The molecule has 0 N–H and O–H groups in total. The Bertz CT molecular complexity index is 1220. The van der Waals surface area contributed by atoms with Crippen LogP contribution in [-0.2, 0) is 23.1 Å². The summed E-state index contributed by atoms with van der Waals surface area (Å²) in [6.45, 7) is 5.69. The number of hydrogen-bond donors (Lipinski definition) is 0. The molecule has 0 aliphatic heterocycles. The van der Waals surface area contributed by atoms with E-state index in [1.165, 1.54) is 59.9 Å². The number of fused-ring (bicyclic) bond motifs is 4. The molecule has 2 aliphatic rings. The standard InChI is InChI=1S/C35H42O3/c1-3-4-5-6-7-8-25-36-31-19-17-28(18-20-31)13-11-26-37-38-32-16-10-15-30-22-24-35(34(30)32)23-21-29-14-9-12-27(2)33(29)35/h9-20H,3-8,21-26H2,1-2H3/b13-11+. The second kappa shape index (κ2) is 12.7. The molecule has 38 heavy (non-hydrogen) atoms. The predicted molar refractivity (Wildman–Crippen MR) is 156 cm³/mol. The molecule has 3 nitrogen and oxygen atoms in total. The maximum Gasteiger partial charge on any atom is 0.169 e. The number of unbranched alkanes of at least 4 members (excludes halogenated alkanes) is 5. The van der Waals surface area contributed by atoms with Crippen molar-refractivity contribution in [2.45, 2.75) is 83.5 Å². The van der Waals surface area contributed by atoms with Crippen LogP contribution in [0.3, 0.4) is 0 Å². The molecular weight excluding hydrogens is 468 g/mol. The van der Waals surface area contributed by atoms with Gasteiger partial charge in [0.1, 0.15) is 12.4 Å². The molecule has 3 aromatic rings. The topological polar surface area (TPSA) is 27.7 Å². The van der Waals surface area contributed by atoms with Crippen molar-refractivity contribution in [2.75, 3.05) is 13.2 Å². The Morgan fingerprint density at radius 3 is 2.29 bits per heavy atom. The molecule has 0 bridgehead atoms. The summed E-state index contributed by atoms with van der Waals surface area (Å²) in [5.41, 5.74) is 8.34. The van der Waals surface area contributed by atoms with Crippen LogP contribution in [0.15, 0.2) is 66.7 Å². The maximum atomic E-state index is 5.96. The fraction of sp³-hybridized carbons (Fsp3) is 0.429. The average molecular weight is 511 g/mol. The van der Waals surface area contributed by atoms with E-state index in [9.17, 15) is 0 Å². The summed E-state index contributed by atoms with van der Waals surface area (Å²) in [5.74, 6) is 1.81. The lowest BCUT2D eigenvalue weighted by Crippen LogP contribution is -2.23. The molecule has 1 unspecified atom stereocenters. The lowest BCUT2D eigenvalue weighted by molar-refractivity contribution is -0.196. The van der Waals surface area contributed by atoms with E-state index in [0.717, 1.165) is 55.8 Å². The van der Waals surface area contributed by atoms with Crippen molar-refractivity contribution < 1.29 is 14.5 Å². The maximum absolute atomic E-state index is 5.96. The highest BCUT2D eigenvalue weighted by atomic mass is 17.2. The summed E-state index contributed by atoms with van der Waals surface area (Å²) >= 11 is 0. The van der Waals surface area contributed by atoms with Gasteiger partial charge in [-0.25, -0.2) is 0 Å². The fourth-order valence-electron chi connectivity index (χ4n) is 6.53. The van der Waals surface area contributed by atoms with Crippen LogP contribution < -0.4 is 9.62 Å². The van der Waals surface area contributed by atoms with Gasteiger partial charge in [0, 0.05) is 11.0 Å². The smallest absolute Gasteiger partial charge is 0.169 e. The third-order valence-corrected chi connectivity index (χ3v) is 8.34. The molecular formula is C35H42O3. The monoisotopic (exact) mass is 510 g/mol. The number of aryl methyl sites for hydroxylation is 3. The summed E-state index contributed by atoms with van der Waals surface area (Å²) < 4.78 is 5.90. The summed E-state index contributed by atoms with van der Waals surface area (Å²) in [7, 11) is 0. The molecule has 3 aromatic carbocycles. The van der Waals surface area contributed by atoms with E-state index in [1.54, 1.807) is 0 Å². The van der Waals surface area contributed by atoms with Crippen molar-refractivity contribution in [1.82, 2.24) is 0 Å². The zero-order valence-corrected chi connectivity index (χ0v) is 23.1. The zero-order chi connectivity index (χ0) is 26.2. The summed E-state index contributed by atoms with van der Waals surface area (Å²) in [5, 5.41) is 0. The van der Waals surface area contributed by atoms with Gasteiger partial charge >= 0.3 is 0 Å². The normalized spacial score (nSPS) is 17.7. The van der Waals surface area contributed by atoms with Crippen molar-refractivity contribution in [3.05, 3.63) is 100 Å². The van der Waals surface area contributed by atoms with Crippen LogP contribution in [-0.4, -0.2) is 13.2 Å². The average Bonchev–Trinajstić information content (AvgIpc) is 3.51. The van der Waals surface area contributed by atoms with E-state index in [2.05, 4.69) is 68.5 Å². The third-order valence-electron chi connectivity index (χ3n) is 8.34. The van der Waals surface area contributed by atoms with Crippen molar-refractivity contribution >= 4 is 6.08 Å². The molecule has 0 saturated carbocycles. The largest absolute Gasteiger partial charge is 0.494 e. The van der Waals surface area contributed by atoms with Crippen LogP contribution in [0.2, 0.25) is 0 Å². The SMILES string of the molecule is CCCCCCCCOc1ccc(/C=C/COOc2cccc3c2C2(CCc4cccc(C)c42)CC3)cc1. The first-order valence-corrected chi connectivity index (χ1v) is 14.6. The van der Waals surface area contributed by atoms with Gasteiger partial charge in [0.15, 0.2) is 5.75 Å². The first kappa shape index (κ1) is 26.6. The van der Waals surface area contributed by atoms with Crippen LogP contribution in [0.25, 0.3) is 6.08 Å². The lowest BCUT2D eigenvalue weighted by atomic mass is 9.75. The Balaban J connectivity index is 1.12. The summed E-state index contributed by atoms with van der Waals surface area (Å²) in [6, 6.07) is 21.4. The molecule has 0 radical (unpaired) electrons. The van der Waals surface area contributed by atoms with E-state index in [0.29, 0.717) is 6.61 Å². The number of rotatable bonds is 13. The molecule has 1 atom stereocenters. The van der Waals surface area contributed by atoms with Gasteiger partial charge in [-0.3, -0.25) is 0 Å². The van der Waals surface area contributed by atoms with Crippen LogP contribution >= 0.6 is 0 Å². The van der Waals surface area contributed by atoms with Crippen molar-refractivity contribution in [2.24, 2.45) is 0 Å². The van der Waals surface area contributed by atoms with Crippen LogP contribution in [0.4, 0.5) is 0 Å². The quantitative estimate of drug-likeness (QED) is 0.130. The third kappa shape index (κ3) is 5.83. The van der Waals surface area contributed by atoms with Crippen LogP contribution in [0, 0.1) is 6.92 Å². The van der Waals surface area contributed by atoms with Gasteiger partial charge in [-0.2, -0.15) is 4.89 Å². The molecule has 0 fully saturated rings. The minimum absolute atomic E-state index is 0.0602. The molecule has 0 amide bonds. The molecule has 3 heteroatoms. The molecule has 0 heterocycles. The number of ether oxygens (including phenoxy) is 1. The fourth-order valence-corrected chi connectivity index (χ4v) is 6.53. The Kier molecular flexibility index (Phi) is 8.86. The van der Waals surface area contributed by atoms with E-state index < -0.39 is 0 Å². The van der Waals surface area contributed by atoms with E-state index in [1.807, 2.05) is 18.2 Å². The highest BCUT2D eigenvalue weighted by Gasteiger charge is 2.47. The van der Waals surface area contributed by atoms with Crippen molar-refractivity contribution in [3.8, 4) is 11.5 Å². The highest BCUT2D eigenvalue weighted by molar-refractivity contribution is 5.60. The van der Waals surface area contributed by atoms with Gasteiger partial charge in [0.2, 0.25) is 0 Å². The van der Waals surface area contributed by atoms with Crippen molar-refractivity contribution in [1.29, 1.82) is 0 Å². The Labute approximate surface area is 228 Å². The van der Waals surface area contributed by atoms with Gasteiger partial charge in [-0.1, -0.05) is 93.6 Å². The highest BCUT2D eigenvalue weighted by Crippen LogP contribution is 2.55. The second-order valence-corrected chi connectivity index (χ2v) is 10.9. The van der Waals surface area contributed by atoms with Gasteiger partial charge in [-0.15, -0.1) is 0 Å².